The van der Waals surface area contributed by atoms with Gasteiger partial charge in [-0.25, -0.2) is 4.98 Å². The van der Waals surface area contributed by atoms with Gasteiger partial charge in [-0.05, 0) is 62.3 Å². The quantitative estimate of drug-likeness (QED) is 0.486. The van der Waals surface area contributed by atoms with E-state index in [4.69, 9.17) is 15.6 Å². The van der Waals surface area contributed by atoms with Crippen LogP contribution in [0.25, 0.3) is 22.0 Å². The Kier molecular flexibility index (Phi) is 5.94. The summed E-state index contributed by atoms with van der Waals surface area (Å²) in [5.41, 5.74) is 8.50. The topological polar surface area (TPSA) is 119 Å². The third-order valence-electron chi connectivity index (χ3n) is 8.38. The molecule has 36 heavy (non-hydrogen) atoms. The van der Waals surface area contributed by atoms with E-state index in [2.05, 4.69) is 27.5 Å². The summed E-state index contributed by atoms with van der Waals surface area (Å²) in [6, 6.07) is 7.94. The van der Waals surface area contributed by atoms with Crippen molar-refractivity contribution in [2.75, 3.05) is 38.6 Å². The van der Waals surface area contributed by atoms with Crippen LogP contribution < -0.4 is 11.1 Å². The number of rotatable bonds is 6. The third kappa shape index (κ3) is 4.58. The van der Waals surface area contributed by atoms with Crippen LogP contribution in [-0.2, 0) is 11.3 Å². The maximum Gasteiger partial charge on any atom is 0.255 e. The molecule has 190 valence electrons. The molecule has 1 amide bonds. The second-order valence-electron chi connectivity index (χ2n) is 10.7. The highest BCUT2D eigenvalue weighted by atomic mass is 16.5. The van der Waals surface area contributed by atoms with Crippen molar-refractivity contribution in [1.82, 2.24) is 25.0 Å². The number of nitrogens with zero attached hydrogens (tertiary/aromatic N) is 4. The van der Waals surface area contributed by atoms with Crippen molar-refractivity contribution in [3.05, 3.63) is 42.2 Å². The largest absolute Gasteiger partial charge is 0.390 e. The average molecular weight is 491 g/mol. The molecule has 4 N–H and O–H groups in total. The smallest absolute Gasteiger partial charge is 0.255 e. The number of nitrogens with two attached hydrogens (primary N) is 1. The van der Waals surface area contributed by atoms with Gasteiger partial charge in [0, 0.05) is 48.5 Å². The van der Waals surface area contributed by atoms with Crippen molar-refractivity contribution in [3.63, 3.8) is 0 Å². The van der Waals surface area contributed by atoms with Crippen LogP contribution in [0.2, 0.25) is 0 Å². The van der Waals surface area contributed by atoms with Crippen LogP contribution in [0.4, 0.5) is 5.82 Å². The molecule has 4 fully saturated rings. The molecule has 2 bridgehead atoms. The zero-order valence-corrected chi connectivity index (χ0v) is 20.6. The molecule has 2 aromatic heterocycles. The van der Waals surface area contributed by atoms with E-state index in [1.807, 2.05) is 22.9 Å². The molecule has 0 spiro atoms. The molecule has 3 saturated carbocycles. The van der Waals surface area contributed by atoms with Gasteiger partial charge >= 0.3 is 0 Å². The summed E-state index contributed by atoms with van der Waals surface area (Å²) in [5.74, 6) is 0.0407. The molecule has 0 atom stereocenters. The number of hydrogen-bond acceptors (Lipinski definition) is 7. The van der Waals surface area contributed by atoms with Gasteiger partial charge in [-0.1, -0.05) is 6.07 Å². The maximum atomic E-state index is 13.3. The number of aliphatic hydroxyl groups is 1. The lowest BCUT2D eigenvalue weighted by atomic mass is 9.63. The van der Waals surface area contributed by atoms with E-state index in [1.54, 1.807) is 6.20 Å². The second kappa shape index (κ2) is 9.14. The molecule has 1 aromatic carbocycles. The van der Waals surface area contributed by atoms with Crippen LogP contribution in [0.5, 0.6) is 0 Å². The number of hydrogen-bond donors (Lipinski definition) is 3. The van der Waals surface area contributed by atoms with Crippen molar-refractivity contribution in [1.29, 1.82) is 0 Å². The van der Waals surface area contributed by atoms with E-state index >= 15 is 0 Å². The Labute approximate surface area is 210 Å². The SMILES string of the molecule is Nc1ncc(-c2ccc3nn(CCN4CCOCC4)cc3c2)cc1C(=O)NC12CCC(O)(CC1)CC2. The van der Waals surface area contributed by atoms with Crippen molar-refractivity contribution in [2.24, 2.45) is 0 Å². The minimum atomic E-state index is -0.540. The number of carbonyl (C=O) groups excluding carboxylic acids is 1. The standard InChI is InChI=1S/C27H34N6O3/c28-24-22(25(34)30-26-3-6-27(35,7-4-26)8-5-26)16-20(17-29-24)19-1-2-23-21(15-19)18-33(31-23)10-9-32-11-13-36-14-12-32/h1-2,15-18,35H,3-14H2,(H2,28,29)(H,30,34). The number of carbonyl (C=O) groups is 1. The van der Waals surface area contributed by atoms with Gasteiger partial charge in [0.05, 0.1) is 36.4 Å². The lowest BCUT2D eigenvalue weighted by molar-refractivity contribution is -0.0702. The molecule has 3 aliphatic carbocycles. The Bertz CT molecular complexity index is 1260. The fourth-order valence-corrected chi connectivity index (χ4v) is 5.92. The molecule has 9 nitrogen and oxygen atoms in total. The maximum absolute atomic E-state index is 13.3. The first-order valence-corrected chi connectivity index (χ1v) is 13.0. The highest BCUT2D eigenvalue weighted by Gasteiger charge is 2.48. The van der Waals surface area contributed by atoms with Crippen LogP contribution in [0.1, 0.15) is 48.9 Å². The summed E-state index contributed by atoms with van der Waals surface area (Å²) in [5, 5.41) is 19.5. The molecule has 7 rings (SSSR count). The van der Waals surface area contributed by atoms with Crippen molar-refractivity contribution in [2.45, 2.75) is 56.2 Å². The average Bonchev–Trinajstić information content (AvgIpc) is 3.31. The van der Waals surface area contributed by atoms with E-state index in [0.29, 0.717) is 5.56 Å². The van der Waals surface area contributed by atoms with Crippen LogP contribution in [-0.4, -0.2) is 74.7 Å². The second-order valence-corrected chi connectivity index (χ2v) is 10.7. The summed E-state index contributed by atoms with van der Waals surface area (Å²) in [4.78, 5) is 20.0. The monoisotopic (exact) mass is 490 g/mol. The Morgan fingerprint density at radius 2 is 1.81 bits per heavy atom. The van der Waals surface area contributed by atoms with Gasteiger partial charge in [0.2, 0.25) is 0 Å². The molecule has 3 heterocycles. The number of fused-ring (bicyclic) bond motifs is 4. The van der Waals surface area contributed by atoms with Crippen molar-refractivity contribution < 1.29 is 14.6 Å². The molecular formula is C27H34N6O3. The lowest BCUT2D eigenvalue weighted by Gasteiger charge is -2.51. The normalized spacial score (nSPS) is 26.4. The van der Waals surface area contributed by atoms with Crippen LogP contribution in [0.3, 0.4) is 0 Å². The Morgan fingerprint density at radius 1 is 1.06 bits per heavy atom. The highest BCUT2D eigenvalue weighted by Crippen LogP contribution is 2.46. The number of morpholine rings is 1. The summed E-state index contributed by atoms with van der Waals surface area (Å²) in [6.07, 6.45) is 8.40. The fraction of sp³-hybridized carbons (Fsp3) is 0.519. The predicted molar refractivity (Wildman–Crippen MR) is 137 cm³/mol. The molecule has 1 saturated heterocycles. The zero-order chi connectivity index (χ0) is 24.8. The van der Waals surface area contributed by atoms with Gasteiger partial charge in [-0.2, -0.15) is 5.10 Å². The summed E-state index contributed by atoms with van der Waals surface area (Å²) in [7, 11) is 0. The Morgan fingerprint density at radius 3 is 2.56 bits per heavy atom. The number of aromatic nitrogens is 3. The van der Waals surface area contributed by atoms with Gasteiger partial charge in [0.25, 0.3) is 5.91 Å². The number of nitrogens with one attached hydrogen (secondary N) is 1. The van der Waals surface area contributed by atoms with Crippen LogP contribution in [0.15, 0.2) is 36.7 Å². The molecule has 3 aromatic rings. The summed E-state index contributed by atoms with van der Waals surface area (Å²) in [6.45, 7) is 5.31. The number of amides is 1. The number of benzene rings is 1. The first kappa shape index (κ1) is 23.4. The molecule has 1 aliphatic heterocycles. The van der Waals surface area contributed by atoms with Crippen LogP contribution in [0, 0.1) is 0 Å². The van der Waals surface area contributed by atoms with E-state index in [0.717, 1.165) is 99.9 Å². The molecule has 4 aliphatic rings. The summed E-state index contributed by atoms with van der Waals surface area (Å²) >= 11 is 0. The Balaban J connectivity index is 1.19. The minimum Gasteiger partial charge on any atom is -0.390 e. The Hall–Kier alpha value is -3.01. The molecular weight excluding hydrogens is 456 g/mol. The minimum absolute atomic E-state index is 0.189. The molecule has 0 radical (unpaired) electrons. The molecule has 9 heteroatoms. The highest BCUT2D eigenvalue weighted by molar-refractivity contribution is 6.00. The van der Waals surface area contributed by atoms with Gasteiger partial charge in [-0.15, -0.1) is 0 Å². The summed E-state index contributed by atoms with van der Waals surface area (Å²) < 4.78 is 7.43. The fourth-order valence-electron chi connectivity index (χ4n) is 5.92. The zero-order valence-electron chi connectivity index (χ0n) is 20.6. The van der Waals surface area contributed by atoms with Gasteiger partial charge in [-0.3, -0.25) is 14.4 Å². The lowest BCUT2D eigenvalue weighted by Crippen LogP contribution is -2.58. The number of anilines is 1. The predicted octanol–water partition coefficient (Wildman–Crippen LogP) is 2.58. The first-order chi connectivity index (χ1) is 17.4. The number of pyridine rings is 1. The van der Waals surface area contributed by atoms with Gasteiger partial charge in [0.15, 0.2) is 0 Å². The number of nitrogen functional groups attached to an aromatic ring is 1. The number of ether oxygens (including phenoxy) is 1. The molecule has 0 unspecified atom stereocenters. The van der Waals surface area contributed by atoms with Crippen LogP contribution >= 0.6 is 0 Å². The van der Waals surface area contributed by atoms with E-state index in [1.165, 1.54) is 0 Å². The van der Waals surface area contributed by atoms with E-state index in [-0.39, 0.29) is 17.3 Å². The van der Waals surface area contributed by atoms with Crippen molar-refractivity contribution in [3.8, 4) is 11.1 Å². The van der Waals surface area contributed by atoms with E-state index in [9.17, 15) is 9.90 Å². The van der Waals surface area contributed by atoms with Gasteiger partial charge in [0.1, 0.15) is 5.82 Å². The van der Waals surface area contributed by atoms with Gasteiger partial charge < -0.3 is 20.9 Å². The third-order valence-corrected chi connectivity index (χ3v) is 8.38. The van der Waals surface area contributed by atoms with Crippen molar-refractivity contribution >= 4 is 22.6 Å². The first-order valence-electron chi connectivity index (χ1n) is 13.0. The van der Waals surface area contributed by atoms with E-state index < -0.39 is 5.60 Å².